The van der Waals surface area contributed by atoms with E-state index >= 15 is 9.59 Å². The molecule has 4 aromatic heterocycles. The van der Waals surface area contributed by atoms with Gasteiger partial charge in [0.25, 0.3) is 11.1 Å². The monoisotopic (exact) mass is 809 g/mol. The van der Waals surface area contributed by atoms with Gasteiger partial charge in [-0.3, -0.25) is 18.4 Å². The maximum atomic E-state index is 15.1. The standard InChI is InChI=1S/C54H68N2O4/c1-5-7-9-11-13-15-17-19-21-23-47-49-39-33-43(31-25-41-27-35-45(59-3)36-28-41)55(49)54(58)52-48(24-22-20-18-16-14-12-10-8-6-2)50-40-34-44(56(50)53(57)51(47)52)32-26-42-29-37-46(60-4)38-30-42/h25-40H,5-24H2,1-4H3/b31-25+,32-26+. The number of nitrogens with zero attached hydrogens (tertiary/aromatic N) is 2. The van der Waals surface area contributed by atoms with Crippen molar-refractivity contribution in [2.24, 2.45) is 0 Å². The molecule has 0 radical (unpaired) electrons. The summed E-state index contributed by atoms with van der Waals surface area (Å²) >= 11 is 0. The molecule has 0 unspecified atom stereocenters. The summed E-state index contributed by atoms with van der Waals surface area (Å²) in [6.07, 6.45) is 31.7. The van der Waals surface area contributed by atoms with E-state index in [1.165, 1.54) is 89.9 Å². The fraction of sp³-hybridized carbons (Fsp3) is 0.444. The van der Waals surface area contributed by atoms with Crippen molar-refractivity contribution in [1.82, 2.24) is 8.80 Å². The number of unbranched alkanes of at least 4 members (excludes halogenated alkanes) is 16. The van der Waals surface area contributed by atoms with Crippen LogP contribution in [0.15, 0.2) is 82.4 Å². The van der Waals surface area contributed by atoms with E-state index in [2.05, 4.69) is 26.0 Å². The molecule has 0 aliphatic rings. The molecule has 6 nitrogen and oxygen atoms in total. The Morgan fingerprint density at radius 3 is 1.08 bits per heavy atom. The second kappa shape index (κ2) is 23.0. The molecule has 2 aromatic carbocycles. The Hall–Kier alpha value is -5.10. The van der Waals surface area contributed by atoms with Gasteiger partial charge in [0.1, 0.15) is 11.5 Å². The quantitative estimate of drug-likeness (QED) is 0.0512. The number of hydrogen-bond donors (Lipinski definition) is 0. The number of methoxy groups -OCH3 is 2. The van der Waals surface area contributed by atoms with Crippen LogP contribution < -0.4 is 20.6 Å². The predicted octanol–water partition coefficient (Wildman–Crippen LogP) is 14.0. The highest BCUT2D eigenvalue weighted by molar-refractivity contribution is 5.96. The van der Waals surface area contributed by atoms with Gasteiger partial charge in [0, 0.05) is 11.4 Å². The normalized spacial score (nSPS) is 12.0. The third kappa shape index (κ3) is 11.2. The van der Waals surface area contributed by atoms with E-state index in [9.17, 15) is 0 Å². The molecule has 0 atom stereocenters. The number of rotatable bonds is 26. The van der Waals surface area contributed by atoms with Crippen LogP contribution in [0.1, 0.15) is 163 Å². The number of benzene rings is 2. The van der Waals surface area contributed by atoms with Crippen molar-refractivity contribution in [3.05, 3.63) is 127 Å². The number of aromatic nitrogens is 2. The molecular weight excluding hydrogens is 741 g/mol. The van der Waals surface area contributed by atoms with Crippen LogP contribution in [-0.2, 0) is 12.8 Å². The Morgan fingerprint density at radius 1 is 0.417 bits per heavy atom. The molecule has 60 heavy (non-hydrogen) atoms. The highest BCUT2D eigenvalue weighted by Gasteiger charge is 2.23. The van der Waals surface area contributed by atoms with Gasteiger partial charge in [0.05, 0.1) is 36.0 Å². The van der Waals surface area contributed by atoms with Gasteiger partial charge in [-0.2, -0.15) is 0 Å². The summed E-state index contributed by atoms with van der Waals surface area (Å²) in [5.74, 6) is 1.61. The van der Waals surface area contributed by atoms with Crippen LogP contribution in [0.25, 0.3) is 46.1 Å². The molecule has 6 rings (SSSR count). The first-order valence-corrected chi connectivity index (χ1v) is 23.1. The molecule has 6 aromatic rings. The largest absolute Gasteiger partial charge is 0.497 e. The maximum absolute atomic E-state index is 15.1. The van der Waals surface area contributed by atoms with Gasteiger partial charge in [-0.25, -0.2) is 0 Å². The zero-order valence-electron chi connectivity index (χ0n) is 36.9. The summed E-state index contributed by atoms with van der Waals surface area (Å²) in [6, 6.07) is 24.1. The third-order valence-electron chi connectivity index (χ3n) is 12.3. The summed E-state index contributed by atoms with van der Waals surface area (Å²) in [5.41, 5.74) is 7.16. The van der Waals surface area contributed by atoms with Crippen LogP contribution in [0.4, 0.5) is 0 Å². The van der Waals surface area contributed by atoms with Crippen LogP contribution in [0.5, 0.6) is 11.5 Å². The lowest BCUT2D eigenvalue weighted by molar-refractivity contribution is 0.414. The highest BCUT2D eigenvalue weighted by Crippen LogP contribution is 2.30. The first-order valence-electron chi connectivity index (χ1n) is 23.1. The van der Waals surface area contributed by atoms with E-state index in [4.69, 9.17) is 9.47 Å². The summed E-state index contributed by atoms with van der Waals surface area (Å²) < 4.78 is 14.5. The van der Waals surface area contributed by atoms with E-state index < -0.39 is 0 Å². The number of ether oxygens (including phenoxy) is 2. The second-order valence-electron chi connectivity index (χ2n) is 16.6. The van der Waals surface area contributed by atoms with Crippen molar-refractivity contribution in [3.8, 4) is 11.5 Å². The minimum Gasteiger partial charge on any atom is -0.497 e. The van der Waals surface area contributed by atoms with Gasteiger partial charge in [-0.05, 0) is 109 Å². The van der Waals surface area contributed by atoms with Gasteiger partial charge in [0.15, 0.2) is 0 Å². The zero-order chi connectivity index (χ0) is 42.1. The molecule has 0 saturated heterocycles. The number of aryl methyl sites for hydroxylation is 2. The number of fused-ring (bicyclic) bond motifs is 3. The Labute approximate surface area is 358 Å². The molecule has 318 valence electrons. The molecule has 0 amide bonds. The second-order valence-corrected chi connectivity index (χ2v) is 16.6. The van der Waals surface area contributed by atoms with E-state index in [0.717, 1.165) is 94.7 Å². The number of pyridine rings is 2. The van der Waals surface area contributed by atoms with E-state index in [1.807, 2.05) is 93.8 Å². The molecule has 4 heterocycles. The maximum Gasteiger partial charge on any atom is 0.264 e. The number of hydrogen-bond acceptors (Lipinski definition) is 4. The minimum atomic E-state index is -0.0998. The van der Waals surface area contributed by atoms with Crippen LogP contribution >= 0.6 is 0 Å². The van der Waals surface area contributed by atoms with E-state index in [0.29, 0.717) is 10.8 Å². The van der Waals surface area contributed by atoms with Gasteiger partial charge in [-0.1, -0.05) is 153 Å². The van der Waals surface area contributed by atoms with Crippen molar-refractivity contribution in [2.45, 2.75) is 142 Å². The Kier molecular flexibility index (Phi) is 17.1. The summed E-state index contributed by atoms with van der Waals surface area (Å²) in [5, 5.41) is 1.20. The highest BCUT2D eigenvalue weighted by atomic mass is 16.5. The average Bonchev–Trinajstić information content (AvgIpc) is 3.91. The lowest BCUT2D eigenvalue weighted by atomic mass is 9.95. The first-order chi connectivity index (χ1) is 29.5. The Balaban J connectivity index is 1.43. The Morgan fingerprint density at radius 2 is 0.750 bits per heavy atom. The summed E-state index contributed by atoms with van der Waals surface area (Å²) in [7, 11) is 3.34. The third-order valence-corrected chi connectivity index (χ3v) is 12.3. The molecule has 0 spiro atoms. The van der Waals surface area contributed by atoms with Gasteiger partial charge < -0.3 is 9.47 Å². The molecule has 0 aliphatic heterocycles. The summed E-state index contributed by atoms with van der Waals surface area (Å²) in [6.45, 7) is 4.53. The van der Waals surface area contributed by atoms with Gasteiger partial charge >= 0.3 is 0 Å². The molecule has 0 aliphatic carbocycles. The molecule has 6 heteroatoms. The fourth-order valence-electron chi connectivity index (χ4n) is 8.87. The SMILES string of the molecule is CCCCCCCCCCCc1c2c(=O)n3c(/C=C/c4ccc(OC)cc4)ccc3c(CCCCCCCCCCC)c2c(=O)n2c(/C=C/c3ccc(OC)cc3)ccc12. The molecular formula is C54H68N2O4. The molecule has 0 fully saturated rings. The lowest BCUT2D eigenvalue weighted by Crippen LogP contribution is -2.25. The Bertz CT molecular complexity index is 2250. The first kappa shape index (κ1) is 44.5. The van der Waals surface area contributed by atoms with Gasteiger partial charge in [-0.15, -0.1) is 0 Å². The lowest BCUT2D eigenvalue weighted by Gasteiger charge is -2.16. The van der Waals surface area contributed by atoms with Crippen molar-refractivity contribution < 1.29 is 9.47 Å². The molecule has 0 bridgehead atoms. The molecule has 0 N–H and O–H groups in total. The fourth-order valence-corrected chi connectivity index (χ4v) is 8.87. The smallest absolute Gasteiger partial charge is 0.264 e. The zero-order valence-corrected chi connectivity index (χ0v) is 36.9. The van der Waals surface area contributed by atoms with Crippen LogP contribution in [-0.4, -0.2) is 23.0 Å². The average molecular weight is 809 g/mol. The minimum absolute atomic E-state index is 0.0998. The predicted molar refractivity (Wildman–Crippen MR) is 255 cm³/mol. The van der Waals surface area contributed by atoms with Crippen molar-refractivity contribution in [3.63, 3.8) is 0 Å². The van der Waals surface area contributed by atoms with Gasteiger partial charge in [0.2, 0.25) is 0 Å². The van der Waals surface area contributed by atoms with E-state index in [-0.39, 0.29) is 11.1 Å². The van der Waals surface area contributed by atoms with Crippen molar-refractivity contribution >= 4 is 46.1 Å². The van der Waals surface area contributed by atoms with E-state index in [1.54, 1.807) is 14.2 Å². The summed E-state index contributed by atoms with van der Waals surface area (Å²) in [4.78, 5) is 30.3. The van der Waals surface area contributed by atoms with Crippen LogP contribution in [0, 0.1) is 0 Å². The topological polar surface area (TPSA) is 61.4 Å². The van der Waals surface area contributed by atoms with Crippen LogP contribution in [0.3, 0.4) is 0 Å². The van der Waals surface area contributed by atoms with Crippen LogP contribution in [0.2, 0.25) is 0 Å². The van der Waals surface area contributed by atoms with Crippen molar-refractivity contribution in [2.75, 3.05) is 14.2 Å². The van der Waals surface area contributed by atoms with Crippen molar-refractivity contribution in [1.29, 1.82) is 0 Å². The molecule has 0 saturated carbocycles.